The van der Waals surface area contributed by atoms with Crippen LogP contribution in [0.3, 0.4) is 0 Å². The molecule has 0 amide bonds. The maximum absolute atomic E-state index is 15.2. The smallest absolute Gasteiger partial charge is 0.136 e. The van der Waals surface area contributed by atoms with Crippen LogP contribution in [-0.2, 0) is 28.2 Å². The SMILES string of the molecule is CC(C#N)(CC[C@](COCc1ccccc1)(N[S+]([O-])C(C)(C)C)c1ccccc1F)C1CC1. The van der Waals surface area contributed by atoms with E-state index in [1.807, 2.05) is 58.0 Å². The minimum atomic E-state index is -1.47. The van der Waals surface area contributed by atoms with E-state index in [1.54, 1.807) is 18.2 Å². The zero-order valence-corrected chi connectivity index (χ0v) is 20.9. The van der Waals surface area contributed by atoms with Crippen molar-refractivity contribution in [3.8, 4) is 6.07 Å². The van der Waals surface area contributed by atoms with Gasteiger partial charge in [0.1, 0.15) is 16.1 Å². The van der Waals surface area contributed by atoms with Crippen LogP contribution >= 0.6 is 0 Å². The van der Waals surface area contributed by atoms with Gasteiger partial charge in [-0.25, -0.2) is 4.39 Å². The summed E-state index contributed by atoms with van der Waals surface area (Å²) in [4.78, 5) is 0. The van der Waals surface area contributed by atoms with Crippen LogP contribution in [0.15, 0.2) is 54.6 Å². The lowest BCUT2D eigenvalue weighted by molar-refractivity contribution is 0.0543. The van der Waals surface area contributed by atoms with E-state index in [1.165, 1.54) is 6.07 Å². The van der Waals surface area contributed by atoms with Crippen LogP contribution in [0.4, 0.5) is 4.39 Å². The summed E-state index contributed by atoms with van der Waals surface area (Å²) in [5, 5.41) is 9.92. The van der Waals surface area contributed by atoms with Gasteiger partial charge in [0.2, 0.25) is 0 Å². The van der Waals surface area contributed by atoms with E-state index >= 15 is 4.39 Å². The molecule has 0 bridgehead atoms. The summed E-state index contributed by atoms with van der Waals surface area (Å²) >= 11 is -1.47. The predicted molar refractivity (Wildman–Crippen MR) is 131 cm³/mol. The summed E-state index contributed by atoms with van der Waals surface area (Å²) in [5.74, 6) is -0.0107. The predicted octanol–water partition coefficient (Wildman–Crippen LogP) is 6.01. The van der Waals surface area contributed by atoms with Crippen LogP contribution in [0.1, 0.15) is 64.5 Å². The van der Waals surface area contributed by atoms with Gasteiger partial charge < -0.3 is 9.29 Å². The fourth-order valence-corrected chi connectivity index (χ4v) is 4.99. The summed E-state index contributed by atoms with van der Waals surface area (Å²) in [6.45, 7) is 8.14. The molecule has 1 fully saturated rings. The highest BCUT2D eigenvalue weighted by Crippen LogP contribution is 2.49. The molecule has 3 rings (SSSR count). The molecule has 0 saturated heterocycles. The highest BCUT2D eigenvalue weighted by Gasteiger charge is 2.47. The van der Waals surface area contributed by atoms with Gasteiger partial charge in [0.05, 0.1) is 24.7 Å². The highest BCUT2D eigenvalue weighted by molar-refractivity contribution is 7.90. The molecule has 0 spiro atoms. The molecule has 2 aromatic rings. The number of benzene rings is 2. The number of rotatable bonds is 11. The maximum Gasteiger partial charge on any atom is 0.136 e. The van der Waals surface area contributed by atoms with Crippen molar-refractivity contribution in [2.75, 3.05) is 6.61 Å². The molecule has 0 radical (unpaired) electrons. The van der Waals surface area contributed by atoms with Crippen LogP contribution in [0, 0.1) is 28.5 Å². The number of nitrogens with one attached hydrogen (secondary N) is 1. The van der Waals surface area contributed by atoms with E-state index in [0.717, 1.165) is 18.4 Å². The van der Waals surface area contributed by atoms with Crippen LogP contribution in [-0.4, -0.2) is 15.9 Å². The van der Waals surface area contributed by atoms with Crippen LogP contribution < -0.4 is 4.72 Å². The molecule has 1 saturated carbocycles. The Morgan fingerprint density at radius 2 is 1.70 bits per heavy atom. The van der Waals surface area contributed by atoms with E-state index in [9.17, 15) is 9.81 Å². The van der Waals surface area contributed by atoms with Crippen molar-refractivity contribution in [1.29, 1.82) is 5.26 Å². The Balaban J connectivity index is 1.95. The normalized spacial score (nSPS) is 18.7. The highest BCUT2D eigenvalue weighted by atomic mass is 32.2. The molecular weight excluding hydrogens is 435 g/mol. The Hall–Kier alpha value is -1.91. The van der Waals surface area contributed by atoms with Crippen LogP contribution in [0.2, 0.25) is 0 Å². The number of nitriles is 1. The summed E-state index contributed by atoms with van der Waals surface area (Å²) in [6.07, 6.45) is 3.09. The molecule has 178 valence electrons. The molecular formula is C27H35FN2O2S. The Bertz CT molecular complexity index is 955. The van der Waals surface area contributed by atoms with Gasteiger partial charge in [-0.3, -0.25) is 0 Å². The second-order valence-corrected chi connectivity index (χ2v) is 12.3. The van der Waals surface area contributed by atoms with E-state index in [0.29, 0.717) is 30.9 Å². The molecule has 0 aliphatic heterocycles. The summed E-state index contributed by atoms with van der Waals surface area (Å²) in [6, 6.07) is 18.9. The number of halogens is 1. The van der Waals surface area contributed by atoms with Gasteiger partial charge >= 0.3 is 0 Å². The van der Waals surface area contributed by atoms with Crippen molar-refractivity contribution in [2.45, 2.75) is 70.3 Å². The topological polar surface area (TPSA) is 68.1 Å². The standard InChI is InChI=1S/C27H35FN2O2S/c1-25(2,3)33(31)30-27(23-12-8-9-13-24(23)28,17-16-26(4,19-29)22-14-15-22)20-32-18-21-10-6-5-7-11-21/h5-13,22,30H,14-18,20H2,1-4H3/t26?,27-,33?/m1/s1. The Kier molecular flexibility index (Phi) is 8.23. The third-order valence-electron chi connectivity index (χ3n) is 6.50. The van der Waals surface area contributed by atoms with Crippen LogP contribution in [0.5, 0.6) is 0 Å². The zero-order chi connectivity index (χ0) is 24.1. The van der Waals surface area contributed by atoms with Crippen LogP contribution in [0.25, 0.3) is 0 Å². The fraction of sp³-hybridized carbons (Fsp3) is 0.519. The molecule has 2 aromatic carbocycles. The minimum absolute atomic E-state index is 0.136. The molecule has 3 atom stereocenters. The van der Waals surface area contributed by atoms with Crippen molar-refractivity contribution < 1.29 is 13.7 Å². The van der Waals surface area contributed by atoms with Gasteiger partial charge in [0.25, 0.3) is 0 Å². The lowest BCUT2D eigenvalue weighted by Gasteiger charge is -2.39. The lowest BCUT2D eigenvalue weighted by atomic mass is 9.76. The fourth-order valence-electron chi connectivity index (χ4n) is 4.06. The van der Waals surface area contributed by atoms with Crippen molar-refractivity contribution in [3.63, 3.8) is 0 Å². The third-order valence-corrected chi connectivity index (χ3v) is 8.19. The van der Waals surface area contributed by atoms with Gasteiger partial charge in [0, 0.05) is 16.9 Å². The molecule has 1 aliphatic rings. The first kappa shape index (κ1) is 25.7. The number of hydrogen-bond donors (Lipinski definition) is 1. The van der Waals surface area contributed by atoms with Gasteiger partial charge in [-0.15, -0.1) is 4.72 Å². The lowest BCUT2D eigenvalue weighted by Crippen LogP contribution is -2.54. The average Bonchev–Trinajstić information content (AvgIpc) is 3.63. The quantitative estimate of drug-likeness (QED) is 0.408. The van der Waals surface area contributed by atoms with Gasteiger partial charge in [-0.1, -0.05) is 48.5 Å². The van der Waals surface area contributed by atoms with Crippen molar-refractivity contribution in [1.82, 2.24) is 4.72 Å². The molecule has 6 heteroatoms. The van der Waals surface area contributed by atoms with Gasteiger partial charge in [-0.2, -0.15) is 5.26 Å². The average molecular weight is 471 g/mol. The summed E-state index contributed by atoms with van der Waals surface area (Å²) in [7, 11) is 0. The molecule has 1 N–H and O–H groups in total. The second-order valence-electron chi connectivity index (χ2n) is 10.3. The first-order valence-corrected chi connectivity index (χ1v) is 12.7. The minimum Gasteiger partial charge on any atom is -0.598 e. The van der Waals surface area contributed by atoms with Crippen molar-refractivity contribution >= 4 is 11.4 Å². The molecule has 0 aromatic heterocycles. The zero-order valence-electron chi connectivity index (χ0n) is 20.1. The first-order chi connectivity index (χ1) is 15.6. The number of hydrogen-bond acceptors (Lipinski definition) is 4. The number of nitrogens with zero attached hydrogens (tertiary/aromatic N) is 1. The second kappa shape index (κ2) is 10.6. The van der Waals surface area contributed by atoms with Gasteiger partial charge in [0.15, 0.2) is 0 Å². The Morgan fingerprint density at radius 1 is 1.06 bits per heavy atom. The summed E-state index contributed by atoms with van der Waals surface area (Å²) in [5.41, 5.74) is -0.102. The monoisotopic (exact) mass is 470 g/mol. The van der Waals surface area contributed by atoms with Crippen molar-refractivity contribution in [2.24, 2.45) is 11.3 Å². The molecule has 33 heavy (non-hydrogen) atoms. The largest absolute Gasteiger partial charge is 0.598 e. The van der Waals surface area contributed by atoms with E-state index in [-0.39, 0.29) is 12.4 Å². The van der Waals surface area contributed by atoms with E-state index in [2.05, 4.69) is 10.8 Å². The molecule has 0 heterocycles. The van der Waals surface area contributed by atoms with Crippen molar-refractivity contribution in [3.05, 3.63) is 71.5 Å². The van der Waals surface area contributed by atoms with E-state index in [4.69, 9.17) is 4.74 Å². The molecule has 1 aliphatic carbocycles. The summed E-state index contributed by atoms with van der Waals surface area (Å²) < 4.78 is 37.3. The molecule has 2 unspecified atom stereocenters. The van der Waals surface area contributed by atoms with E-state index < -0.39 is 27.1 Å². The number of ether oxygens (including phenoxy) is 1. The Morgan fingerprint density at radius 3 is 2.27 bits per heavy atom. The first-order valence-electron chi connectivity index (χ1n) is 11.6. The third kappa shape index (κ3) is 6.58. The Labute approximate surface area is 200 Å². The van der Waals surface area contributed by atoms with Gasteiger partial charge in [-0.05, 0) is 70.9 Å². The maximum atomic E-state index is 15.2. The molecule has 4 nitrogen and oxygen atoms in total.